The smallest absolute Gasteiger partial charge is 0.185 e. The van der Waals surface area contributed by atoms with Crippen molar-refractivity contribution in [2.75, 3.05) is 0 Å². The summed E-state index contributed by atoms with van der Waals surface area (Å²) in [5.74, 6) is -0.105. The van der Waals surface area contributed by atoms with Crippen LogP contribution in [0.5, 0.6) is 0 Å². The maximum Gasteiger partial charge on any atom is 0.185 e. The summed E-state index contributed by atoms with van der Waals surface area (Å²) >= 11 is 5.83. The first-order valence-corrected chi connectivity index (χ1v) is 6.05. The van der Waals surface area contributed by atoms with Gasteiger partial charge >= 0.3 is 0 Å². The molecule has 0 radical (unpaired) electrons. The average Bonchev–Trinajstić information content (AvgIpc) is 2.45. The molecule has 2 rings (SSSR count). The van der Waals surface area contributed by atoms with E-state index in [9.17, 15) is 4.79 Å². The molecule has 0 fully saturated rings. The second-order valence-corrected chi connectivity index (χ2v) is 4.38. The lowest BCUT2D eigenvalue weighted by atomic mass is 10.1. The Morgan fingerprint density at radius 1 is 1.16 bits per heavy atom. The van der Waals surface area contributed by atoms with Crippen LogP contribution >= 0.6 is 11.6 Å². The highest BCUT2D eigenvalue weighted by Gasteiger charge is 2.01. The summed E-state index contributed by atoms with van der Waals surface area (Å²) in [6.07, 6.45) is 3.21. The van der Waals surface area contributed by atoms with Gasteiger partial charge in [0.15, 0.2) is 5.78 Å². The van der Waals surface area contributed by atoms with Crippen LogP contribution in [0.2, 0.25) is 5.02 Å². The van der Waals surface area contributed by atoms with Crippen molar-refractivity contribution in [2.45, 2.75) is 0 Å². The zero-order chi connectivity index (χ0) is 13.7. The third-order valence-corrected chi connectivity index (χ3v) is 2.81. The van der Waals surface area contributed by atoms with Crippen molar-refractivity contribution in [3.05, 3.63) is 76.3 Å². The SMILES string of the molecule is N#Cc1ccc(C=CC(=O)c2cccc(Cl)c2)cc1. The number of ketones is 1. The number of nitrogens with zero attached hydrogens (tertiary/aromatic N) is 1. The first-order chi connectivity index (χ1) is 9.19. The summed E-state index contributed by atoms with van der Waals surface area (Å²) < 4.78 is 0. The average molecular weight is 268 g/mol. The molecule has 3 heteroatoms. The molecule has 0 aliphatic carbocycles. The van der Waals surface area contributed by atoms with Gasteiger partial charge in [0.2, 0.25) is 0 Å². The second-order valence-electron chi connectivity index (χ2n) is 3.94. The Balaban J connectivity index is 2.14. The van der Waals surface area contributed by atoms with Gasteiger partial charge in [-0.1, -0.05) is 41.9 Å². The summed E-state index contributed by atoms with van der Waals surface area (Å²) in [6, 6.07) is 15.9. The lowest BCUT2D eigenvalue weighted by molar-refractivity contribution is 0.104. The number of rotatable bonds is 3. The molecule has 0 saturated heterocycles. The van der Waals surface area contributed by atoms with Crippen LogP contribution in [0.25, 0.3) is 6.08 Å². The van der Waals surface area contributed by atoms with Gasteiger partial charge in [-0.25, -0.2) is 0 Å². The largest absolute Gasteiger partial charge is 0.289 e. The molecule has 0 N–H and O–H groups in total. The van der Waals surface area contributed by atoms with Crippen molar-refractivity contribution in [2.24, 2.45) is 0 Å². The van der Waals surface area contributed by atoms with E-state index in [1.54, 1.807) is 54.6 Å². The van der Waals surface area contributed by atoms with E-state index in [1.165, 1.54) is 6.08 Å². The van der Waals surface area contributed by atoms with Gasteiger partial charge in [0.05, 0.1) is 11.6 Å². The van der Waals surface area contributed by atoms with Crippen molar-refractivity contribution in [3.8, 4) is 6.07 Å². The Bertz CT molecular complexity index is 666. The summed E-state index contributed by atoms with van der Waals surface area (Å²) in [5, 5.41) is 9.23. The minimum atomic E-state index is -0.105. The van der Waals surface area contributed by atoms with Gasteiger partial charge in [-0.15, -0.1) is 0 Å². The molecule has 0 aliphatic rings. The van der Waals surface area contributed by atoms with Crippen LogP contribution in [0.4, 0.5) is 0 Å². The number of carbonyl (C=O) groups is 1. The van der Waals surface area contributed by atoms with Gasteiger partial charge in [0.1, 0.15) is 0 Å². The monoisotopic (exact) mass is 267 g/mol. The molecule has 0 aromatic heterocycles. The van der Waals surface area contributed by atoms with Crippen molar-refractivity contribution in [1.82, 2.24) is 0 Å². The van der Waals surface area contributed by atoms with E-state index in [0.29, 0.717) is 16.1 Å². The third-order valence-electron chi connectivity index (χ3n) is 2.58. The molecule has 19 heavy (non-hydrogen) atoms. The second kappa shape index (κ2) is 5.99. The van der Waals surface area contributed by atoms with Crippen LogP contribution in [0.1, 0.15) is 21.5 Å². The third kappa shape index (κ3) is 3.54. The highest BCUT2D eigenvalue weighted by molar-refractivity contribution is 6.31. The number of carbonyl (C=O) groups excluding carboxylic acids is 1. The highest BCUT2D eigenvalue weighted by Crippen LogP contribution is 2.12. The standard InChI is InChI=1S/C16H10ClNO/c17-15-3-1-2-14(10-15)16(19)9-8-12-4-6-13(11-18)7-5-12/h1-10H. The van der Waals surface area contributed by atoms with Gasteiger partial charge < -0.3 is 0 Å². The van der Waals surface area contributed by atoms with Gasteiger partial charge in [-0.3, -0.25) is 4.79 Å². The number of allylic oxidation sites excluding steroid dienone is 1. The van der Waals surface area contributed by atoms with E-state index < -0.39 is 0 Å². The van der Waals surface area contributed by atoms with Crippen molar-refractivity contribution >= 4 is 23.5 Å². The van der Waals surface area contributed by atoms with Gasteiger partial charge in [-0.05, 0) is 35.9 Å². The predicted molar refractivity (Wildman–Crippen MR) is 76.0 cm³/mol. The quantitative estimate of drug-likeness (QED) is 0.620. The Labute approximate surface area is 116 Å². The summed E-state index contributed by atoms with van der Waals surface area (Å²) in [7, 11) is 0. The zero-order valence-corrected chi connectivity index (χ0v) is 10.8. The molecule has 0 bridgehead atoms. The van der Waals surface area contributed by atoms with Crippen LogP contribution < -0.4 is 0 Å². The molecular formula is C16H10ClNO. The highest BCUT2D eigenvalue weighted by atomic mass is 35.5. The van der Waals surface area contributed by atoms with Crippen molar-refractivity contribution < 1.29 is 4.79 Å². The molecule has 0 atom stereocenters. The molecule has 0 amide bonds. The van der Waals surface area contributed by atoms with Gasteiger partial charge in [0.25, 0.3) is 0 Å². The summed E-state index contributed by atoms with van der Waals surface area (Å²) in [4.78, 5) is 11.9. The molecule has 2 aromatic rings. The van der Waals surface area contributed by atoms with E-state index in [2.05, 4.69) is 0 Å². The normalized spacial score (nSPS) is 10.3. The van der Waals surface area contributed by atoms with Gasteiger partial charge in [-0.2, -0.15) is 5.26 Å². The van der Waals surface area contributed by atoms with Gasteiger partial charge in [0, 0.05) is 10.6 Å². The molecule has 0 unspecified atom stereocenters. The molecule has 0 heterocycles. The lowest BCUT2D eigenvalue weighted by Crippen LogP contribution is -1.93. The number of benzene rings is 2. The van der Waals surface area contributed by atoms with E-state index in [1.807, 2.05) is 6.07 Å². The lowest BCUT2D eigenvalue weighted by Gasteiger charge is -1.97. The van der Waals surface area contributed by atoms with Crippen LogP contribution in [0.15, 0.2) is 54.6 Å². The topological polar surface area (TPSA) is 40.9 Å². The minimum Gasteiger partial charge on any atom is -0.289 e. The molecule has 2 aromatic carbocycles. The van der Waals surface area contributed by atoms with E-state index in [-0.39, 0.29) is 5.78 Å². The Morgan fingerprint density at radius 3 is 2.53 bits per heavy atom. The molecule has 2 nitrogen and oxygen atoms in total. The minimum absolute atomic E-state index is 0.105. The number of halogens is 1. The Kier molecular flexibility index (Phi) is 4.12. The van der Waals surface area contributed by atoms with Crippen LogP contribution in [0, 0.1) is 11.3 Å². The fourth-order valence-electron chi connectivity index (χ4n) is 1.58. The molecule has 92 valence electrons. The van der Waals surface area contributed by atoms with E-state index >= 15 is 0 Å². The summed E-state index contributed by atoms with van der Waals surface area (Å²) in [6.45, 7) is 0. The summed E-state index contributed by atoms with van der Waals surface area (Å²) in [5.41, 5.74) is 2.02. The molecule has 0 aliphatic heterocycles. The molecule has 0 saturated carbocycles. The maximum absolute atomic E-state index is 11.9. The number of hydrogen-bond acceptors (Lipinski definition) is 2. The first kappa shape index (κ1) is 13.1. The molecular weight excluding hydrogens is 258 g/mol. The fourth-order valence-corrected chi connectivity index (χ4v) is 1.77. The van der Waals surface area contributed by atoms with E-state index in [4.69, 9.17) is 16.9 Å². The van der Waals surface area contributed by atoms with Crippen LogP contribution in [-0.2, 0) is 0 Å². The van der Waals surface area contributed by atoms with Crippen LogP contribution in [0.3, 0.4) is 0 Å². The number of nitriles is 1. The first-order valence-electron chi connectivity index (χ1n) is 5.67. The number of hydrogen-bond donors (Lipinski definition) is 0. The predicted octanol–water partition coefficient (Wildman–Crippen LogP) is 4.11. The molecule has 0 spiro atoms. The van der Waals surface area contributed by atoms with Crippen molar-refractivity contribution in [3.63, 3.8) is 0 Å². The Hall–Kier alpha value is -2.37. The Morgan fingerprint density at radius 2 is 1.89 bits per heavy atom. The maximum atomic E-state index is 11.9. The zero-order valence-electron chi connectivity index (χ0n) is 10.0. The van der Waals surface area contributed by atoms with Crippen molar-refractivity contribution in [1.29, 1.82) is 5.26 Å². The fraction of sp³-hybridized carbons (Fsp3) is 0. The van der Waals surface area contributed by atoms with E-state index in [0.717, 1.165) is 5.56 Å². The van der Waals surface area contributed by atoms with Crippen LogP contribution in [-0.4, -0.2) is 5.78 Å².